The molecule has 0 bridgehead atoms. The molecular weight excluding hydrogens is 577 g/mol. The highest BCUT2D eigenvalue weighted by Gasteiger charge is 2.18. The van der Waals surface area contributed by atoms with Crippen molar-refractivity contribution < 1.29 is 18.0 Å². The Kier molecular flexibility index (Phi) is 8.59. The molecule has 192 valence electrons. The molecule has 4 aromatic rings. The highest BCUT2D eigenvalue weighted by molar-refractivity contribution is 8.02. The van der Waals surface area contributed by atoms with Crippen LogP contribution in [0.3, 0.4) is 0 Å². The summed E-state index contributed by atoms with van der Waals surface area (Å²) < 4.78 is 27.2. The summed E-state index contributed by atoms with van der Waals surface area (Å²) in [5, 5.41) is 21.1. The lowest BCUT2D eigenvalue weighted by Gasteiger charge is -2.09. The van der Waals surface area contributed by atoms with Gasteiger partial charge in [-0.15, -0.1) is 20.4 Å². The first-order valence-corrected chi connectivity index (χ1v) is 15.3. The molecule has 37 heavy (non-hydrogen) atoms. The smallest absolute Gasteiger partial charge is 0.234 e. The third-order valence-corrected chi connectivity index (χ3v) is 9.95. The lowest BCUT2D eigenvalue weighted by Crippen LogP contribution is -2.14. The lowest BCUT2D eigenvalue weighted by atomic mass is 10.3. The number of nitrogens with one attached hydrogen (secondary N) is 2. The SMILES string of the molecule is Nc1nnc(SCC(=O)Nc2ccc(S(=O)(=O)c3ccc(NC(=O)CSc4nnc(N)s4)cc3)cc2)s1. The van der Waals surface area contributed by atoms with Crippen molar-refractivity contribution in [3.05, 3.63) is 48.5 Å². The van der Waals surface area contributed by atoms with Crippen molar-refractivity contribution in [2.45, 2.75) is 18.5 Å². The molecule has 2 aromatic carbocycles. The van der Waals surface area contributed by atoms with Crippen LogP contribution in [-0.4, -0.2) is 52.1 Å². The maximum Gasteiger partial charge on any atom is 0.234 e. The standard InChI is InChI=1S/C20H18N8O4S5/c21-17-25-27-19(35-17)33-9-15(29)23-11-1-5-13(6-2-11)37(31,32)14-7-3-12(4-8-14)24-16(30)10-34-20-28-26-18(22)36-20/h1-8H,9-10H2,(H2,21,25)(H2,22,26)(H,23,29)(H,24,30). The third kappa shape index (κ3) is 7.39. The summed E-state index contributed by atoms with van der Waals surface area (Å²) >= 11 is 4.77. The van der Waals surface area contributed by atoms with Gasteiger partial charge in [0.1, 0.15) is 0 Å². The molecule has 0 radical (unpaired) electrons. The second-order valence-electron chi connectivity index (χ2n) is 7.04. The first kappa shape index (κ1) is 26.8. The van der Waals surface area contributed by atoms with Crippen LogP contribution in [0.4, 0.5) is 21.6 Å². The second-order valence-corrected chi connectivity index (χ2v) is 13.5. The van der Waals surface area contributed by atoms with E-state index in [4.69, 9.17) is 11.5 Å². The Morgan fingerprint density at radius 3 is 1.41 bits per heavy atom. The number of nitrogens with two attached hydrogens (primary N) is 2. The normalized spacial score (nSPS) is 11.2. The van der Waals surface area contributed by atoms with Gasteiger partial charge in [-0.25, -0.2) is 8.42 Å². The summed E-state index contributed by atoms with van der Waals surface area (Å²) in [5.74, 6) is -0.351. The van der Waals surface area contributed by atoms with Crippen molar-refractivity contribution in [2.75, 3.05) is 33.6 Å². The van der Waals surface area contributed by atoms with Crippen LogP contribution in [0.1, 0.15) is 0 Å². The number of carbonyl (C=O) groups is 2. The van der Waals surface area contributed by atoms with Crippen molar-refractivity contribution in [3.8, 4) is 0 Å². The van der Waals surface area contributed by atoms with Gasteiger partial charge in [0.25, 0.3) is 0 Å². The van der Waals surface area contributed by atoms with Gasteiger partial charge in [-0.2, -0.15) is 0 Å². The first-order chi connectivity index (χ1) is 17.7. The molecule has 0 unspecified atom stereocenters. The van der Waals surface area contributed by atoms with Gasteiger partial charge in [-0.3, -0.25) is 9.59 Å². The topological polar surface area (TPSA) is 196 Å². The monoisotopic (exact) mass is 594 g/mol. The van der Waals surface area contributed by atoms with Crippen LogP contribution in [0.15, 0.2) is 67.0 Å². The molecule has 0 saturated heterocycles. The number of rotatable bonds is 10. The number of aromatic nitrogens is 4. The molecule has 2 heterocycles. The van der Waals surface area contributed by atoms with Crippen LogP contribution in [-0.2, 0) is 19.4 Å². The number of carbonyl (C=O) groups excluding carboxylic acids is 2. The zero-order chi connectivity index (χ0) is 26.4. The Balaban J connectivity index is 1.31. The van der Waals surface area contributed by atoms with E-state index in [9.17, 15) is 18.0 Å². The number of thioether (sulfide) groups is 2. The van der Waals surface area contributed by atoms with Gasteiger partial charge in [-0.1, -0.05) is 46.2 Å². The van der Waals surface area contributed by atoms with Crippen LogP contribution in [0.5, 0.6) is 0 Å². The summed E-state index contributed by atoms with van der Waals surface area (Å²) in [7, 11) is -3.80. The van der Waals surface area contributed by atoms with Crippen molar-refractivity contribution in [1.29, 1.82) is 0 Å². The minimum absolute atomic E-state index is 0.0636. The molecule has 0 fully saturated rings. The van der Waals surface area contributed by atoms with E-state index in [0.29, 0.717) is 30.3 Å². The summed E-state index contributed by atoms with van der Waals surface area (Å²) in [6.07, 6.45) is 0. The predicted octanol–water partition coefficient (Wildman–Crippen LogP) is 2.85. The van der Waals surface area contributed by atoms with Crippen molar-refractivity contribution in [1.82, 2.24) is 20.4 Å². The van der Waals surface area contributed by atoms with Crippen LogP contribution >= 0.6 is 46.2 Å². The zero-order valence-corrected chi connectivity index (χ0v) is 22.7. The van der Waals surface area contributed by atoms with Crippen LogP contribution in [0.2, 0.25) is 0 Å². The van der Waals surface area contributed by atoms with E-state index >= 15 is 0 Å². The Morgan fingerprint density at radius 1 is 0.703 bits per heavy atom. The van der Waals surface area contributed by atoms with Gasteiger partial charge in [0.2, 0.25) is 31.9 Å². The first-order valence-electron chi connectivity index (χ1n) is 10.2. The molecule has 0 aliphatic carbocycles. The maximum absolute atomic E-state index is 13.0. The number of nitrogen functional groups attached to an aromatic ring is 2. The van der Waals surface area contributed by atoms with Crippen molar-refractivity contribution >= 4 is 89.5 Å². The number of nitrogens with zero attached hydrogens (tertiary/aromatic N) is 4. The minimum atomic E-state index is -3.80. The number of hydrogen-bond acceptors (Lipinski definition) is 14. The van der Waals surface area contributed by atoms with Crippen molar-refractivity contribution in [3.63, 3.8) is 0 Å². The molecule has 0 spiro atoms. The second kappa shape index (κ2) is 11.9. The molecule has 17 heteroatoms. The highest BCUT2D eigenvalue weighted by Crippen LogP contribution is 2.26. The van der Waals surface area contributed by atoms with E-state index in [1.54, 1.807) is 0 Å². The number of hydrogen-bond donors (Lipinski definition) is 4. The molecule has 2 aromatic heterocycles. The Morgan fingerprint density at radius 2 is 1.08 bits per heavy atom. The van der Waals surface area contributed by atoms with E-state index in [-0.39, 0.29) is 33.1 Å². The maximum atomic E-state index is 13.0. The molecule has 4 rings (SSSR count). The quantitative estimate of drug-likeness (QED) is 0.196. The lowest BCUT2D eigenvalue weighted by molar-refractivity contribution is -0.114. The zero-order valence-electron chi connectivity index (χ0n) is 18.7. The summed E-state index contributed by atoms with van der Waals surface area (Å²) in [4.78, 5) is 24.4. The average Bonchev–Trinajstić information content (AvgIpc) is 3.49. The molecular formula is C20H18N8O4S5. The van der Waals surface area contributed by atoms with E-state index < -0.39 is 9.84 Å². The number of anilines is 4. The highest BCUT2D eigenvalue weighted by atomic mass is 32.2. The van der Waals surface area contributed by atoms with Gasteiger partial charge in [0, 0.05) is 11.4 Å². The van der Waals surface area contributed by atoms with Gasteiger partial charge in [-0.05, 0) is 48.5 Å². The molecule has 0 aliphatic heterocycles. The Labute approximate surface area is 227 Å². The number of sulfone groups is 1. The van der Waals surface area contributed by atoms with Gasteiger partial charge >= 0.3 is 0 Å². The van der Waals surface area contributed by atoms with E-state index in [0.717, 1.165) is 0 Å². The van der Waals surface area contributed by atoms with E-state index in [2.05, 4.69) is 31.0 Å². The van der Waals surface area contributed by atoms with E-state index in [1.807, 2.05) is 0 Å². The predicted molar refractivity (Wildman–Crippen MR) is 146 cm³/mol. The fourth-order valence-corrected chi connectivity index (χ4v) is 6.91. The summed E-state index contributed by atoms with van der Waals surface area (Å²) in [5.41, 5.74) is 11.9. The number of amides is 2. The molecule has 0 atom stereocenters. The van der Waals surface area contributed by atoms with Gasteiger partial charge in [0.15, 0.2) is 8.68 Å². The molecule has 12 nitrogen and oxygen atoms in total. The summed E-state index contributed by atoms with van der Waals surface area (Å²) in [6.45, 7) is 0. The van der Waals surface area contributed by atoms with Gasteiger partial charge in [0.05, 0.1) is 21.3 Å². The van der Waals surface area contributed by atoms with E-state index in [1.165, 1.54) is 94.7 Å². The summed E-state index contributed by atoms with van der Waals surface area (Å²) in [6, 6.07) is 11.7. The fourth-order valence-electron chi connectivity index (χ4n) is 2.78. The molecule has 0 saturated carbocycles. The Hall–Kier alpha value is -3.25. The Bertz CT molecular complexity index is 1400. The van der Waals surface area contributed by atoms with Crippen molar-refractivity contribution in [2.24, 2.45) is 0 Å². The molecule has 0 aliphatic rings. The molecule has 2 amide bonds. The molecule has 6 N–H and O–H groups in total. The van der Waals surface area contributed by atoms with Crippen LogP contribution in [0, 0.1) is 0 Å². The fraction of sp³-hybridized carbons (Fsp3) is 0.100. The third-order valence-electron chi connectivity index (χ3n) is 4.39. The van der Waals surface area contributed by atoms with Crippen LogP contribution < -0.4 is 22.1 Å². The van der Waals surface area contributed by atoms with Crippen LogP contribution in [0.25, 0.3) is 0 Å². The largest absolute Gasteiger partial charge is 0.374 e. The van der Waals surface area contributed by atoms with Gasteiger partial charge < -0.3 is 22.1 Å². The average molecular weight is 595 g/mol. The number of benzene rings is 2. The minimum Gasteiger partial charge on any atom is -0.374 e.